The zero-order valence-electron chi connectivity index (χ0n) is 11.2. The molecule has 2 heteroatoms. The number of unbranched alkanes of at least 4 members (excludes halogenated alkanes) is 2. The van der Waals surface area contributed by atoms with Crippen molar-refractivity contribution in [2.75, 3.05) is 33.2 Å². The number of rotatable bonds is 10. The Hall–Kier alpha value is -0.0800. The van der Waals surface area contributed by atoms with Gasteiger partial charge in [-0.25, -0.2) is 0 Å². The number of nitrogens with one attached hydrogen (secondary N) is 1. The molecule has 1 atom stereocenters. The van der Waals surface area contributed by atoms with Crippen LogP contribution in [0.4, 0.5) is 0 Å². The van der Waals surface area contributed by atoms with Crippen LogP contribution in [0.5, 0.6) is 0 Å². The third-order valence-electron chi connectivity index (χ3n) is 2.78. The van der Waals surface area contributed by atoms with Gasteiger partial charge in [-0.15, -0.1) is 0 Å². The van der Waals surface area contributed by atoms with Crippen molar-refractivity contribution in [3.63, 3.8) is 0 Å². The second-order valence-corrected chi connectivity index (χ2v) is 4.67. The van der Waals surface area contributed by atoms with Crippen LogP contribution in [0.2, 0.25) is 0 Å². The summed E-state index contributed by atoms with van der Waals surface area (Å²) in [5.74, 6) is 0.767. The molecule has 92 valence electrons. The Bertz CT molecular complexity index is 118. The van der Waals surface area contributed by atoms with Crippen LogP contribution in [0.15, 0.2) is 0 Å². The van der Waals surface area contributed by atoms with Gasteiger partial charge < -0.3 is 10.2 Å². The maximum absolute atomic E-state index is 3.26. The average molecular weight is 214 g/mol. The molecular weight excluding hydrogens is 184 g/mol. The number of hydrogen-bond acceptors (Lipinski definition) is 2. The summed E-state index contributed by atoms with van der Waals surface area (Å²) in [7, 11) is 2.04. The predicted octanol–water partition coefficient (Wildman–Crippen LogP) is 2.74. The molecule has 1 unspecified atom stereocenters. The zero-order valence-corrected chi connectivity index (χ0v) is 11.2. The lowest BCUT2D eigenvalue weighted by molar-refractivity contribution is 0.229. The molecule has 0 aromatic heterocycles. The fourth-order valence-electron chi connectivity index (χ4n) is 1.91. The highest BCUT2D eigenvalue weighted by Crippen LogP contribution is 2.03. The normalized spacial score (nSPS) is 13.4. The lowest BCUT2D eigenvalue weighted by atomic mass is 10.1. The van der Waals surface area contributed by atoms with Gasteiger partial charge >= 0.3 is 0 Å². The fourth-order valence-corrected chi connectivity index (χ4v) is 1.91. The summed E-state index contributed by atoms with van der Waals surface area (Å²) in [6.07, 6.45) is 5.30. The van der Waals surface area contributed by atoms with Crippen molar-refractivity contribution in [1.82, 2.24) is 10.2 Å². The minimum Gasteiger partial charge on any atom is -0.319 e. The van der Waals surface area contributed by atoms with Gasteiger partial charge in [0.25, 0.3) is 0 Å². The zero-order chi connectivity index (χ0) is 11.5. The van der Waals surface area contributed by atoms with Crippen LogP contribution in [0.3, 0.4) is 0 Å². The molecule has 0 fully saturated rings. The lowest BCUT2D eigenvalue weighted by Gasteiger charge is -2.25. The Morgan fingerprint density at radius 3 is 2.00 bits per heavy atom. The van der Waals surface area contributed by atoms with Crippen molar-refractivity contribution in [3.05, 3.63) is 0 Å². The molecule has 0 rings (SSSR count). The first-order valence-corrected chi connectivity index (χ1v) is 6.61. The lowest BCUT2D eigenvalue weighted by Crippen LogP contribution is -2.34. The summed E-state index contributed by atoms with van der Waals surface area (Å²) < 4.78 is 0. The Balaban J connectivity index is 3.76. The second kappa shape index (κ2) is 10.4. The summed E-state index contributed by atoms with van der Waals surface area (Å²) >= 11 is 0. The second-order valence-electron chi connectivity index (χ2n) is 4.67. The van der Waals surface area contributed by atoms with E-state index in [2.05, 4.69) is 31.0 Å². The minimum atomic E-state index is 0.767. The topological polar surface area (TPSA) is 15.3 Å². The van der Waals surface area contributed by atoms with E-state index in [1.54, 1.807) is 0 Å². The molecule has 0 radical (unpaired) electrons. The van der Waals surface area contributed by atoms with Crippen LogP contribution in [-0.4, -0.2) is 38.1 Å². The maximum atomic E-state index is 3.26. The molecule has 0 bridgehead atoms. The molecule has 0 aliphatic rings. The van der Waals surface area contributed by atoms with E-state index >= 15 is 0 Å². The van der Waals surface area contributed by atoms with E-state index in [9.17, 15) is 0 Å². The van der Waals surface area contributed by atoms with Crippen LogP contribution in [0.25, 0.3) is 0 Å². The standard InChI is InChI=1S/C13H30N2/c1-5-7-9-15(10-8-6-2)12-13(3)11-14-4/h13-14H,5-12H2,1-4H3. The van der Waals surface area contributed by atoms with Crippen molar-refractivity contribution in [2.24, 2.45) is 5.92 Å². The number of nitrogens with zero attached hydrogens (tertiary/aromatic N) is 1. The van der Waals surface area contributed by atoms with Crippen molar-refractivity contribution >= 4 is 0 Å². The van der Waals surface area contributed by atoms with E-state index < -0.39 is 0 Å². The molecule has 2 nitrogen and oxygen atoms in total. The van der Waals surface area contributed by atoms with Crippen molar-refractivity contribution in [1.29, 1.82) is 0 Å². The van der Waals surface area contributed by atoms with Gasteiger partial charge in [0.15, 0.2) is 0 Å². The molecule has 0 aromatic rings. The minimum absolute atomic E-state index is 0.767. The summed E-state index contributed by atoms with van der Waals surface area (Å²) in [5.41, 5.74) is 0. The Kier molecular flexibility index (Phi) is 10.4. The van der Waals surface area contributed by atoms with Gasteiger partial charge in [0, 0.05) is 6.54 Å². The van der Waals surface area contributed by atoms with Crippen LogP contribution < -0.4 is 5.32 Å². The van der Waals surface area contributed by atoms with Gasteiger partial charge in [0.2, 0.25) is 0 Å². The largest absolute Gasteiger partial charge is 0.319 e. The van der Waals surface area contributed by atoms with Crippen molar-refractivity contribution < 1.29 is 0 Å². The van der Waals surface area contributed by atoms with Crippen molar-refractivity contribution in [2.45, 2.75) is 46.5 Å². The predicted molar refractivity (Wildman–Crippen MR) is 69.3 cm³/mol. The summed E-state index contributed by atoms with van der Waals surface area (Å²) in [5, 5.41) is 3.26. The Morgan fingerprint density at radius 1 is 1.07 bits per heavy atom. The van der Waals surface area contributed by atoms with E-state index in [0.717, 1.165) is 12.5 Å². The quantitative estimate of drug-likeness (QED) is 0.601. The van der Waals surface area contributed by atoms with E-state index in [4.69, 9.17) is 0 Å². The van der Waals surface area contributed by atoms with Gasteiger partial charge in [0.05, 0.1) is 0 Å². The van der Waals surface area contributed by atoms with Gasteiger partial charge in [-0.2, -0.15) is 0 Å². The Morgan fingerprint density at radius 2 is 1.60 bits per heavy atom. The van der Waals surface area contributed by atoms with E-state index in [-0.39, 0.29) is 0 Å². The summed E-state index contributed by atoms with van der Waals surface area (Å²) in [6, 6.07) is 0. The molecule has 0 aliphatic heterocycles. The molecule has 0 spiro atoms. The summed E-state index contributed by atoms with van der Waals surface area (Å²) in [4.78, 5) is 2.63. The maximum Gasteiger partial charge on any atom is 0.00191 e. The van der Waals surface area contributed by atoms with Gasteiger partial charge in [-0.3, -0.25) is 0 Å². The first-order chi connectivity index (χ1) is 7.24. The van der Waals surface area contributed by atoms with Crippen LogP contribution >= 0.6 is 0 Å². The van der Waals surface area contributed by atoms with Gasteiger partial charge in [-0.1, -0.05) is 33.6 Å². The van der Waals surface area contributed by atoms with Crippen LogP contribution in [0, 0.1) is 5.92 Å². The van der Waals surface area contributed by atoms with E-state index in [0.29, 0.717) is 0 Å². The molecule has 0 amide bonds. The molecule has 0 saturated carbocycles. The molecule has 15 heavy (non-hydrogen) atoms. The molecule has 0 saturated heterocycles. The molecule has 0 aliphatic carbocycles. The molecule has 1 N–H and O–H groups in total. The van der Waals surface area contributed by atoms with Crippen molar-refractivity contribution in [3.8, 4) is 0 Å². The van der Waals surface area contributed by atoms with Gasteiger partial charge in [0.1, 0.15) is 0 Å². The molecular formula is C13H30N2. The summed E-state index contributed by atoms with van der Waals surface area (Å²) in [6.45, 7) is 11.8. The van der Waals surface area contributed by atoms with Crippen LogP contribution in [-0.2, 0) is 0 Å². The molecule has 0 aromatic carbocycles. The fraction of sp³-hybridized carbons (Fsp3) is 1.00. The SMILES string of the molecule is CCCCN(CCCC)CC(C)CNC. The smallest absolute Gasteiger partial charge is 0.00191 e. The third kappa shape index (κ3) is 8.88. The highest BCUT2D eigenvalue weighted by atomic mass is 15.1. The highest BCUT2D eigenvalue weighted by Gasteiger charge is 2.08. The average Bonchev–Trinajstić information content (AvgIpc) is 2.22. The first-order valence-electron chi connectivity index (χ1n) is 6.61. The van der Waals surface area contributed by atoms with E-state index in [1.165, 1.54) is 45.3 Å². The van der Waals surface area contributed by atoms with Gasteiger partial charge in [-0.05, 0) is 45.4 Å². The van der Waals surface area contributed by atoms with E-state index in [1.807, 2.05) is 7.05 Å². The first kappa shape index (κ1) is 14.9. The molecule has 0 heterocycles. The highest BCUT2D eigenvalue weighted by molar-refractivity contribution is 4.64. The number of hydrogen-bond donors (Lipinski definition) is 1. The Labute approximate surface area is 96.4 Å². The third-order valence-corrected chi connectivity index (χ3v) is 2.78. The monoisotopic (exact) mass is 214 g/mol. The van der Waals surface area contributed by atoms with Crippen LogP contribution in [0.1, 0.15) is 46.5 Å².